The predicted octanol–water partition coefficient (Wildman–Crippen LogP) is 3.90. The summed E-state index contributed by atoms with van der Waals surface area (Å²) in [6.07, 6.45) is 6.27. The summed E-state index contributed by atoms with van der Waals surface area (Å²) in [6.45, 7) is 1.98. The highest BCUT2D eigenvalue weighted by Gasteiger charge is 2.33. The first-order chi connectivity index (χ1) is 12.8. The number of nitrogens with zero attached hydrogens (tertiary/aromatic N) is 2. The predicted molar refractivity (Wildman–Crippen MR) is 101 cm³/mol. The number of rotatable bonds is 7. The van der Waals surface area contributed by atoms with Crippen molar-refractivity contribution in [3.05, 3.63) is 40.8 Å². The van der Waals surface area contributed by atoms with Crippen LogP contribution in [0.5, 0.6) is 5.75 Å². The fraction of sp³-hybridized carbons (Fsp3) is 0.474. The lowest BCUT2D eigenvalue weighted by Crippen LogP contribution is -2.36. The Morgan fingerprint density at radius 2 is 2.15 bits per heavy atom. The van der Waals surface area contributed by atoms with Crippen LogP contribution in [0.4, 0.5) is 10.5 Å². The number of urea groups is 1. The summed E-state index contributed by atoms with van der Waals surface area (Å²) in [6, 6.07) is 7.76. The van der Waals surface area contributed by atoms with Gasteiger partial charge >= 0.3 is 6.03 Å². The topological polar surface area (TPSA) is 63.7 Å². The molecule has 1 aliphatic heterocycles. The van der Waals surface area contributed by atoms with Crippen LogP contribution in [-0.4, -0.2) is 41.3 Å². The summed E-state index contributed by atoms with van der Waals surface area (Å²) in [5.41, 5.74) is 0.768. The molecule has 1 atom stereocenters. The monoisotopic (exact) mass is 373 g/mol. The molecule has 2 heterocycles. The van der Waals surface area contributed by atoms with Crippen LogP contribution in [0.25, 0.3) is 0 Å². The van der Waals surface area contributed by atoms with Crippen molar-refractivity contribution in [2.24, 2.45) is 0 Å². The first-order valence-corrected chi connectivity index (χ1v) is 9.96. The Hall–Kier alpha value is -2.12. The molecule has 4 rings (SSSR count). The van der Waals surface area contributed by atoms with Crippen LogP contribution in [0.2, 0.25) is 0 Å². The number of hydrogen-bond acceptors (Lipinski definition) is 5. The van der Waals surface area contributed by atoms with E-state index in [0.717, 1.165) is 48.7 Å². The van der Waals surface area contributed by atoms with Gasteiger partial charge in [0.15, 0.2) is 0 Å². The van der Waals surface area contributed by atoms with Crippen LogP contribution in [0.1, 0.15) is 30.7 Å². The van der Waals surface area contributed by atoms with E-state index in [4.69, 9.17) is 9.47 Å². The SMILES string of the molecule is O=C(Nc1ccc(OCC2CCCO2)cc1)N(Cc1nccs1)C1CC1. The molecule has 2 fully saturated rings. The van der Waals surface area contributed by atoms with Gasteiger partial charge < -0.3 is 19.7 Å². The van der Waals surface area contributed by atoms with Crippen LogP contribution in [-0.2, 0) is 11.3 Å². The molecule has 0 radical (unpaired) electrons. The molecule has 1 aromatic heterocycles. The van der Waals surface area contributed by atoms with E-state index in [0.29, 0.717) is 19.2 Å². The standard InChI is InChI=1S/C19H23N3O3S/c23-19(22(15-5-6-15)12-18-20-9-11-26-18)21-14-3-7-16(8-4-14)25-13-17-2-1-10-24-17/h3-4,7-9,11,15,17H,1-2,5-6,10,12-13H2,(H,21,23). The highest BCUT2D eigenvalue weighted by molar-refractivity contribution is 7.09. The van der Waals surface area contributed by atoms with E-state index < -0.39 is 0 Å². The van der Waals surface area contributed by atoms with E-state index in [1.165, 1.54) is 0 Å². The second-order valence-electron chi connectivity index (χ2n) is 6.69. The number of hydrogen-bond donors (Lipinski definition) is 1. The van der Waals surface area contributed by atoms with Gasteiger partial charge in [-0.05, 0) is 49.9 Å². The largest absolute Gasteiger partial charge is 0.491 e. The van der Waals surface area contributed by atoms with Gasteiger partial charge in [-0.1, -0.05) is 0 Å². The Morgan fingerprint density at radius 3 is 2.81 bits per heavy atom. The summed E-state index contributed by atoms with van der Waals surface area (Å²) in [4.78, 5) is 18.8. The molecule has 138 valence electrons. The van der Waals surface area contributed by atoms with Crippen LogP contribution in [0, 0.1) is 0 Å². The highest BCUT2D eigenvalue weighted by Crippen LogP contribution is 2.29. The van der Waals surface area contributed by atoms with Gasteiger partial charge in [-0.25, -0.2) is 9.78 Å². The summed E-state index contributed by atoms with van der Waals surface area (Å²) in [7, 11) is 0. The Kier molecular flexibility index (Phi) is 5.36. The first-order valence-electron chi connectivity index (χ1n) is 9.08. The van der Waals surface area contributed by atoms with E-state index >= 15 is 0 Å². The summed E-state index contributed by atoms with van der Waals surface area (Å²) >= 11 is 1.58. The van der Waals surface area contributed by atoms with Crippen LogP contribution in [0.3, 0.4) is 0 Å². The molecule has 2 aromatic rings. The molecule has 1 saturated carbocycles. The van der Waals surface area contributed by atoms with Gasteiger partial charge in [0.2, 0.25) is 0 Å². The molecule has 1 aliphatic carbocycles. The first kappa shape index (κ1) is 17.3. The number of thiazole rings is 1. The van der Waals surface area contributed by atoms with Crippen LogP contribution in [0.15, 0.2) is 35.8 Å². The van der Waals surface area contributed by atoms with Crippen molar-refractivity contribution in [1.29, 1.82) is 0 Å². The third-order valence-corrected chi connectivity index (χ3v) is 5.37. The fourth-order valence-electron chi connectivity index (χ4n) is 3.02. The van der Waals surface area contributed by atoms with E-state index in [-0.39, 0.29) is 12.1 Å². The van der Waals surface area contributed by atoms with Gasteiger partial charge in [-0.15, -0.1) is 11.3 Å². The molecule has 7 heteroatoms. The zero-order chi connectivity index (χ0) is 17.8. The maximum absolute atomic E-state index is 12.6. The molecule has 1 saturated heterocycles. The fourth-order valence-corrected chi connectivity index (χ4v) is 3.64. The van der Waals surface area contributed by atoms with Gasteiger partial charge in [0.25, 0.3) is 0 Å². The van der Waals surface area contributed by atoms with Crippen molar-refractivity contribution < 1.29 is 14.3 Å². The zero-order valence-electron chi connectivity index (χ0n) is 14.6. The number of nitrogens with one attached hydrogen (secondary N) is 1. The third kappa shape index (κ3) is 4.53. The van der Waals surface area contributed by atoms with Gasteiger partial charge in [0, 0.05) is 29.9 Å². The lowest BCUT2D eigenvalue weighted by atomic mass is 10.2. The number of carbonyl (C=O) groups is 1. The van der Waals surface area contributed by atoms with E-state index in [9.17, 15) is 4.79 Å². The third-order valence-electron chi connectivity index (χ3n) is 4.60. The average molecular weight is 373 g/mol. The lowest BCUT2D eigenvalue weighted by Gasteiger charge is -2.22. The summed E-state index contributed by atoms with van der Waals surface area (Å²) < 4.78 is 11.3. The van der Waals surface area contributed by atoms with E-state index in [1.54, 1.807) is 17.5 Å². The van der Waals surface area contributed by atoms with Gasteiger partial charge in [-0.3, -0.25) is 0 Å². The number of aromatic nitrogens is 1. The molecule has 6 nitrogen and oxygen atoms in total. The average Bonchev–Trinajstić information content (AvgIpc) is 3.13. The quantitative estimate of drug-likeness (QED) is 0.799. The summed E-state index contributed by atoms with van der Waals surface area (Å²) in [5, 5.41) is 5.88. The lowest BCUT2D eigenvalue weighted by molar-refractivity contribution is 0.0679. The maximum atomic E-state index is 12.6. The van der Waals surface area contributed by atoms with Gasteiger partial charge in [-0.2, -0.15) is 0 Å². The van der Waals surface area contributed by atoms with Crippen molar-refractivity contribution in [1.82, 2.24) is 9.88 Å². The van der Waals surface area contributed by atoms with Crippen molar-refractivity contribution in [3.8, 4) is 5.75 Å². The Bertz CT molecular complexity index is 710. The molecule has 1 unspecified atom stereocenters. The van der Waals surface area contributed by atoms with Crippen molar-refractivity contribution in [2.45, 2.75) is 44.4 Å². The molecule has 1 aromatic carbocycles. The van der Waals surface area contributed by atoms with E-state index in [2.05, 4.69) is 10.3 Å². The molecular weight excluding hydrogens is 350 g/mol. The number of amides is 2. The molecule has 2 amide bonds. The zero-order valence-corrected chi connectivity index (χ0v) is 15.4. The number of carbonyl (C=O) groups excluding carboxylic acids is 1. The minimum absolute atomic E-state index is 0.0734. The molecule has 0 bridgehead atoms. The molecular formula is C19H23N3O3S. The van der Waals surface area contributed by atoms with Crippen molar-refractivity contribution in [2.75, 3.05) is 18.5 Å². The molecule has 0 spiro atoms. The molecule has 1 N–H and O–H groups in total. The molecule has 2 aliphatic rings. The highest BCUT2D eigenvalue weighted by atomic mass is 32.1. The summed E-state index contributed by atoms with van der Waals surface area (Å²) in [5.74, 6) is 0.792. The van der Waals surface area contributed by atoms with Crippen LogP contribution < -0.4 is 10.1 Å². The van der Waals surface area contributed by atoms with E-state index in [1.807, 2.05) is 34.5 Å². The van der Waals surface area contributed by atoms with Crippen LogP contribution >= 0.6 is 11.3 Å². The van der Waals surface area contributed by atoms with Crippen molar-refractivity contribution in [3.63, 3.8) is 0 Å². The normalized spacial score (nSPS) is 19.3. The smallest absolute Gasteiger partial charge is 0.322 e. The van der Waals surface area contributed by atoms with Gasteiger partial charge in [0.05, 0.1) is 12.6 Å². The second kappa shape index (κ2) is 8.05. The second-order valence-corrected chi connectivity index (χ2v) is 7.66. The minimum atomic E-state index is -0.0734. The number of ether oxygens (including phenoxy) is 2. The van der Waals surface area contributed by atoms with Crippen molar-refractivity contribution >= 4 is 23.1 Å². The number of benzene rings is 1. The Balaban J connectivity index is 1.31. The minimum Gasteiger partial charge on any atom is -0.491 e. The molecule has 26 heavy (non-hydrogen) atoms. The Morgan fingerprint density at radius 1 is 1.31 bits per heavy atom. The maximum Gasteiger partial charge on any atom is 0.322 e. The number of anilines is 1. The Labute approximate surface area is 157 Å². The van der Waals surface area contributed by atoms with Gasteiger partial charge in [0.1, 0.15) is 17.4 Å².